The molecule has 1 saturated heterocycles. The first-order valence-electron chi connectivity index (χ1n) is 11.6. The van der Waals surface area contributed by atoms with Crippen LogP contribution in [0.15, 0.2) is 42.5 Å². The van der Waals surface area contributed by atoms with E-state index in [1.165, 1.54) is 16.0 Å². The highest BCUT2D eigenvalue weighted by Gasteiger charge is 2.40. The van der Waals surface area contributed by atoms with Crippen molar-refractivity contribution in [2.75, 3.05) is 50.5 Å². The molecule has 8 nitrogen and oxygen atoms in total. The molecule has 0 bridgehead atoms. The molecular formula is C25H31ClN4O4. The lowest BCUT2D eigenvalue weighted by molar-refractivity contribution is -0.119. The molecule has 0 aromatic heterocycles. The molecule has 0 aliphatic carbocycles. The van der Waals surface area contributed by atoms with E-state index in [-0.39, 0.29) is 37.8 Å². The minimum absolute atomic E-state index is 0.116. The first-order chi connectivity index (χ1) is 16.4. The van der Waals surface area contributed by atoms with Crippen LogP contribution in [0.4, 0.5) is 16.2 Å². The number of aliphatic hydroxyl groups is 1. The topological polar surface area (TPSA) is 94.1 Å². The van der Waals surface area contributed by atoms with E-state index in [4.69, 9.17) is 21.4 Å². The number of amides is 3. The number of aliphatic hydroxyl groups excluding tert-OH is 1. The van der Waals surface area contributed by atoms with Gasteiger partial charge >= 0.3 is 6.03 Å². The van der Waals surface area contributed by atoms with Crippen LogP contribution in [-0.2, 0) is 22.4 Å². The molecule has 9 heteroatoms. The van der Waals surface area contributed by atoms with Gasteiger partial charge in [-0.3, -0.25) is 4.79 Å². The fourth-order valence-corrected chi connectivity index (χ4v) is 4.61. The van der Waals surface area contributed by atoms with Gasteiger partial charge < -0.3 is 30.3 Å². The summed E-state index contributed by atoms with van der Waals surface area (Å²) in [5.41, 5.74) is 3.87. The second kappa shape index (κ2) is 11.2. The molecule has 34 heavy (non-hydrogen) atoms. The summed E-state index contributed by atoms with van der Waals surface area (Å²) in [6, 6.07) is 11.8. The standard InChI is InChI=1S/C25H31ClN4O4/c1-29-10-8-17-2-5-21(14-18(17)9-11-29)27-24(32)23-15-22(34-13-12-31)16-30(23)25(33)28-20-6-3-19(26)4-7-20/h2-7,14,22-23,31H,8-13,15-16H2,1H3,(H,27,32)(H,28,33)/t22?,23-/m1/s1. The largest absolute Gasteiger partial charge is 0.394 e. The monoisotopic (exact) mass is 486 g/mol. The highest BCUT2D eigenvalue weighted by molar-refractivity contribution is 6.30. The van der Waals surface area contributed by atoms with Crippen molar-refractivity contribution in [1.82, 2.24) is 9.80 Å². The van der Waals surface area contributed by atoms with Crippen molar-refractivity contribution >= 4 is 34.9 Å². The number of halogens is 1. The van der Waals surface area contributed by atoms with E-state index in [9.17, 15) is 9.59 Å². The van der Waals surface area contributed by atoms with Crippen molar-refractivity contribution in [2.24, 2.45) is 0 Å². The Kier molecular flexibility index (Phi) is 8.05. The number of carbonyl (C=O) groups excluding carboxylic acids is 2. The number of likely N-dealkylation sites (N-methyl/N-ethyl adjacent to an activating group) is 1. The number of nitrogens with one attached hydrogen (secondary N) is 2. The maximum Gasteiger partial charge on any atom is 0.322 e. The van der Waals surface area contributed by atoms with Crippen molar-refractivity contribution in [3.05, 3.63) is 58.6 Å². The minimum atomic E-state index is -0.694. The Bertz CT molecular complexity index is 1020. The highest BCUT2D eigenvalue weighted by Crippen LogP contribution is 2.25. The zero-order valence-corrected chi connectivity index (χ0v) is 20.1. The lowest BCUT2D eigenvalue weighted by Crippen LogP contribution is -2.45. The molecule has 2 aliphatic heterocycles. The normalized spacial score (nSPS) is 20.5. The molecule has 2 heterocycles. The Balaban J connectivity index is 1.47. The van der Waals surface area contributed by atoms with Crippen molar-refractivity contribution in [3.63, 3.8) is 0 Å². The molecule has 0 spiro atoms. The molecule has 0 saturated carbocycles. The molecule has 4 rings (SSSR count). The number of urea groups is 1. The second-order valence-corrected chi connectivity index (χ2v) is 9.27. The van der Waals surface area contributed by atoms with Gasteiger partial charge in [0.2, 0.25) is 5.91 Å². The van der Waals surface area contributed by atoms with Crippen molar-refractivity contribution < 1.29 is 19.4 Å². The summed E-state index contributed by atoms with van der Waals surface area (Å²) in [5.74, 6) is -0.257. The lowest BCUT2D eigenvalue weighted by Gasteiger charge is -2.24. The zero-order valence-electron chi connectivity index (χ0n) is 19.3. The number of nitrogens with zero attached hydrogens (tertiary/aromatic N) is 2. The van der Waals surface area contributed by atoms with Crippen LogP contribution in [0.25, 0.3) is 0 Å². The molecule has 3 amide bonds. The molecule has 1 fully saturated rings. The van der Waals surface area contributed by atoms with Gasteiger partial charge in [-0.15, -0.1) is 0 Å². The van der Waals surface area contributed by atoms with E-state index >= 15 is 0 Å². The number of benzene rings is 2. The third kappa shape index (κ3) is 6.07. The maximum atomic E-state index is 13.3. The summed E-state index contributed by atoms with van der Waals surface area (Å²) in [5, 5.41) is 15.5. The summed E-state index contributed by atoms with van der Waals surface area (Å²) in [4.78, 5) is 30.1. The predicted octanol–water partition coefficient (Wildman–Crippen LogP) is 2.99. The Morgan fingerprint density at radius 3 is 2.50 bits per heavy atom. The summed E-state index contributed by atoms with van der Waals surface area (Å²) in [7, 11) is 2.12. The van der Waals surface area contributed by atoms with Crippen LogP contribution in [0.2, 0.25) is 5.02 Å². The van der Waals surface area contributed by atoms with Crippen LogP contribution in [0, 0.1) is 0 Å². The van der Waals surface area contributed by atoms with Gasteiger partial charge in [-0.25, -0.2) is 4.79 Å². The summed E-state index contributed by atoms with van der Waals surface area (Å²) < 4.78 is 5.65. The van der Waals surface area contributed by atoms with E-state index in [1.807, 2.05) is 12.1 Å². The van der Waals surface area contributed by atoms with Gasteiger partial charge in [0.1, 0.15) is 6.04 Å². The molecular weight excluding hydrogens is 456 g/mol. The van der Waals surface area contributed by atoms with Gasteiger partial charge in [-0.2, -0.15) is 0 Å². The van der Waals surface area contributed by atoms with Crippen LogP contribution in [0.1, 0.15) is 17.5 Å². The van der Waals surface area contributed by atoms with Crippen LogP contribution in [0.3, 0.4) is 0 Å². The van der Waals surface area contributed by atoms with Gasteiger partial charge in [0.05, 0.1) is 19.3 Å². The SMILES string of the molecule is CN1CCc2ccc(NC(=O)[C@H]3CC(OCCO)CN3C(=O)Nc3ccc(Cl)cc3)cc2CC1. The Labute approximate surface area is 204 Å². The Morgan fingerprint density at radius 2 is 1.76 bits per heavy atom. The molecule has 2 aromatic carbocycles. The molecule has 1 unspecified atom stereocenters. The Morgan fingerprint density at radius 1 is 1.06 bits per heavy atom. The van der Waals surface area contributed by atoms with Crippen molar-refractivity contribution in [3.8, 4) is 0 Å². The number of hydrogen-bond donors (Lipinski definition) is 3. The van der Waals surface area contributed by atoms with Gasteiger partial charge in [-0.1, -0.05) is 17.7 Å². The fraction of sp³-hybridized carbons (Fsp3) is 0.440. The number of anilines is 2. The number of carbonyl (C=O) groups is 2. The van der Waals surface area contributed by atoms with Gasteiger partial charge in [-0.05, 0) is 67.4 Å². The van der Waals surface area contributed by atoms with Gasteiger partial charge in [0.15, 0.2) is 0 Å². The van der Waals surface area contributed by atoms with E-state index in [0.29, 0.717) is 17.1 Å². The third-order valence-electron chi connectivity index (χ3n) is 6.37. The van der Waals surface area contributed by atoms with Gasteiger partial charge in [0.25, 0.3) is 0 Å². The van der Waals surface area contributed by atoms with Crippen molar-refractivity contribution in [2.45, 2.75) is 31.4 Å². The molecule has 2 aliphatic rings. The second-order valence-electron chi connectivity index (χ2n) is 8.83. The fourth-order valence-electron chi connectivity index (χ4n) is 4.48. The van der Waals surface area contributed by atoms with Crippen molar-refractivity contribution in [1.29, 1.82) is 0 Å². The summed E-state index contributed by atoms with van der Waals surface area (Å²) in [6.45, 7) is 2.30. The van der Waals surface area contributed by atoms with Crippen LogP contribution in [-0.4, -0.2) is 78.9 Å². The summed E-state index contributed by atoms with van der Waals surface area (Å²) >= 11 is 5.93. The number of fused-ring (bicyclic) bond motifs is 1. The molecule has 182 valence electrons. The van der Waals surface area contributed by atoms with E-state index in [0.717, 1.165) is 31.6 Å². The molecule has 2 aromatic rings. The minimum Gasteiger partial charge on any atom is -0.394 e. The van der Waals surface area contributed by atoms with E-state index in [1.54, 1.807) is 24.3 Å². The number of hydrogen-bond acceptors (Lipinski definition) is 5. The average molecular weight is 487 g/mol. The number of rotatable bonds is 6. The quantitative estimate of drug-likeness (QED) is 0.583. The van der Waals surface area contributed by atoms with Gasteiger partial charge in [0, 0.05) is 42.5 Å². The first-order valence-corrected chi connectivity index (χ1v) is 12.0. The smallest absolute Gasteiger partial charge is 0.322 e. The average Bonchev–Trinajstić information content (AvgIpc) is 3.18. The third-order valence-corrected chi connectivity index (χ3v) is 6.62. The lowest BCUT2D eigenvalue weighted by atomic mass is 10.0. The molecule has 2 atom stereocenters. The zero-order chi connectivity index (χ0) is 24.1. The maximum absolute atomic E-state index is 13.3. The number of ether oxygens (including phenoxy) is 1. The summed E-state index contributed by atoms with van der Waals surface area (Å²) in [6.07, 6.45) is 1.95. The Hall–Kier alpha value is -2.65. The first kappa shape index (κ1) is 24.5. The van der Waals surface area contributed by atoms with Crippen LogP contribution in [0.5, 0.6) is 0 Å². The van der Waals surface area contributed by atoms with Crippen LogP contribution < -0.4 is 10.6 Å². The molecule has 0 radical (unpaired) electrons. The highest BCUT2D eigenvalue weighted by atomic mass is 35.5. The van der Waals surface area contributed by atoms with E-state index < -0.39 is 6.04 Å². The van der Waals surface area contributed by atoms with E-state index in [2.05, 4.69) is 28.6 Å². The number of likely N-dealkylation sites (tertiary alicyclic amines) is 1. The van der Waals surface area contributed by atoms with Crippen LogP contribution >= 0.6 is 11.6 Å². The molecule has 3 N–H and O–H groups in total. The predicted molar refractivity (Wildman–Crippen MR) is 132 cm³/mol.